The Morgan fingerprint density at radius 2 is 1.84 bits per heavy atom. The molecule has 0 radical (unpaired) electrons. The summed E-state index contributed by atoms with van der Waals surface area (Å²) < 4.78 is 37.7. The first kappa shape index (κ1) is 16.2. The first-order valence-electron chi connectivity index (χ1n) is 9.45. The Bertz CT molecular complexity index is 752. The van der Waals surface area contributed by atoms with Crippen molar-refractivity contribution in [2.24, 2.45) is 29.1 Å². The molecule has 5 unspecified atom stereocenters. The quantitative estimate of drug-likeness (QED) is 0.605. The van der Waals surface area contributed by atoms with Crippen molar-refractivity contribution in [3.8, 4) is 0 Å². The number of carbonyl (C=O) groups is 2. The number of Topliss-reactive ketones (excluding diaryl/α,β-unsaturated/α-hetero) is 1. The molecule has 5 rings (SSSR count). The molecule has 25 heavy (non-hydrogen) atoms. The first-order chi connectivity index (χ1) is 11.7. The van der Waals surface area contributed by atoms with Crippen LogP contribution in [0.2, 0.25) is 0 Å². The van der Waals surface area contributed by atoms with Crippen molar-refractivity contribution in [1.29, 1.82) is 0 Å². The normalized spacial score (nSPS) is 50.4. The second kappa shape index (κ2) is 4.85. The summed E-state index contributed by atoms with van der Waals surface area (Å²) >= 11 is 0. The number of ether oxygens (including phenoxy) is 1. The molecule has 6 nitrogen and oxygen atoms in total. The number of hydrogen-bond donors (Lipinski definition) is 1. The fourth-order valence-corrected chi connectivity index (χ4v) is 7.84. The molecule has 5 aliphatic rings. The summed E-state index contributed by atoms with van der Waals surface area (Å²) in [5.41, 5.74) is -0.325. The highest BCUT2D eigenvalue weighted by molar-refractivity contribution is 7.86. The van der Waals surface area contributed by atoms with Gasteiger partial charge in [0, 0.05) is 11.8 Å². The Morgan fingerprint density at radius 1 is 1.12 bits per heavy atom. The van der Waals surface area contributed by atoms with Crippen LogP contribution in [0.5, 0.6) is 0 Å². The Hall–Kier alpha value is -0.950. The maximum atomic E-state index is 12.7. The molecule has 3 bridgehead atoms. The van der Waals surface area contributed by atoms with Gasteiger partial charge in [-0.05, 0) is 69.1 Å². The molecule has 5 fully saturated rings. The van der Waals surface area contributed by atoms with Crippen LogP contribution in [-0.4, -0.2) is 35.6 Å². The maximum absolute atomic E-state index is 12.7. The largest absolute Gasteiger partial charge is 0.459 e. The molecule has 0 aliphatic heterocycles. The van der Waals surface area contributed by atoms with E-state index in [2.05, 4.69) is 0 Å². The Labute approximate surface area is 147 Å². The van der Waals surface area contributed by atoms with Crippen LogP contribution in [0.3, 0.4) is 0 Å². The molecule has 0 heterocycles. The van der Waals surface area contributed by atoms with Gasteiger partial charge in [-0.15, -0.1) is 0 Å². The second-order valence-corrected chi connectivity index (χ2v) is 10.9. The van der Waals surface area contributed by atoms with Crippen molar-refractivity contribution in [2.75, 3.05) is 0 Å². The van der Waals surface area contributed by atoms with Gasteiger partial charge in [-0.3, -0.25) is 14.1 Å². The second-order valence-electron chi connectivity index (χ2n) is 9.20. The molecule has 0 aromatic heterocycles. The van der Waals surface area contributed by atoms with Crippen molar-refractivity contribution >= 4 is 21.9 Å². The van der Waals surface area contributed by atoms with Crippen LogP contribution in [0.15, 0.2) is 0 Å². The number of carbonyl (C=O) groups excluding carboxylic acids is 2. The Kier molecular flexibility index (Phi) is 3.15. The van der Waals surface area contributed by atoms with Crippen molar-refractivity contribution < 1.29 is 27.3 Å². The van der Waals surface area contributed by atoms with E-state index in [9.17, 15) is 18.0 Å². The van der Waals surface area contributed by atoms with E-state index in [1.165, 1.54) is 0 Å². The van der Waals surface area contributed by atoms with Gasteiger partial charge in [0.2, 0.25) is 0 Å². The molecule has 1 N–H and O–H groups in total. The third-order valence-corrected chi connectivity index (χ3v) is 9.35. The Morgan fingerprint density at radius 3 is 2.52 bits per heavy atom. The highest BCUT2D eigenvalue weighted by Crippen LogP contribution is 2.76. The van der Waals surface area contributed by atoms with Crippen LogP contribution in [0.1, 0.15) is 57.8 Å². The van der Waals surface area contributed by atoms with E-state index < -0.39 is 21.0 Å². The SMILES string of the molecule is O=C(OC12CC3CC4(C1)C(CC4C3=O)C2)C1CCC(S(=O)(=O)O)CC1. The van der Waals surface area contributed by atoms with Crippen molar-refractivity contribution in [3.63, 3.8) is 0 Å². The van der Waals surface area contributed by atoms with Crippen LogP contribution in [0.4, 0.5) is 0 Å². The monoisotopic (exact) mass is 368 g/mol. The van der Waals surface area contributed by atoms with Gasteiger partial charge in [-0.2, -0.15) is 8.42 Å². The highest BCUT2D eigenvalue weighted by Gasteiger charge is 2.75. The summed E-state index contributed by atoms with van der Waals surface area (Å²) in [6, 6.07) is 0. The van der Waals surface area contributed by atoms with Crippen molar-refractivity contribution in [3.05, 3.63) is 0 Å². The lowest BCUT2D eigenvalue weighted by Crippen LogP contribution is -2.44. The van der Waals surface area contributed by atoms with Gasteiger partial charge in [0.15, 0.2) is 0 Å². The average Bonchev–Trinajstić information content (AvgIpc) is 2.81. The van der Waals surface area contributed by atoms with Crippen molar-refractivity contribution in [1.82, 2.24) is 0 Å². The van der Waals surface area contributed by atoms with Gasteiger partial charge in [0.1, 0.15) is 11.4 Å². The maximum Gasteiger partial charge on any atom is 0.309 e. The van der Waals surface area contributed by atoms with E-state index in [0.29, 0.717) is 43.8 Å². The molecule has 5 aliphatic carbocycles. The average molecular weight is 368 g/mol. The predicted octanol–water partition coefficient (Wildman–Crippen LogP) is 2.12. The number of esters is 1. The minimum atomic E-state index is -4.02. The molecule has 0 saturated heterocycles. The van der Waals surface area contributed by atoms with E-state index in [1.54, 1.807) is 0 Å². The zero-order valence-corrected chi connectivity index (χ0v) is 15.0. The smallest absolute Gasteiger partial charge is 0.309 e. The van der Waals surface area contributed by atoms with E-state index in [-0.39, 0.29) is 29.1 Å². The molecular weight excluding hydrogens is 344 g/mol. The predicted molar refractivity (Wildman–Crippen MR) is 87.1 cm³/mol. The zero-order valence-electron chi connectivity index (χ0n) is 14.1. The molecule has 0 aromatic carbocycles. The Balaban J connectivity index is 1.28. The van der Waals surface area contributed by atoms with Gasteiger partial charge >= 0.3 is 5.97 Å². The fraction of sp³-hybridized carbons (Fsp3) is 0.889. The van der Waals surface area contributed by atoms with Gasteiger partial charge < -0.3 is 4.74 Å². The first-order valence-corrected chi connectivity index (χ1v) is 11.0. The van der Waals surface area contributed by atoms with E-state index in [0.717, 1.165) is 25.7 Å². The molecule has 1 spiro atoms. The minimum Gasteiger partial charge on any atom is -0.459 e. The third-order valence-electron chi connectivity index (χ3n) is 8.03. The minimum absolute atomic E-state index is 0.0781. The molecule has 7 heteroatoms. The van der Waals surface area contributed by atoms with Crippen LogP contribution in [-0.2, 0) is 24.4 Å². The van der Waals surface area contributed by atoms with Gasteiger partial charge in [-0.25, -0.2) is 0 Å². The summed E-state index contributed by atoms with van der Waals surface area (Å²) in [5, 5.41) is -0.750. The van der Waals surface area contributed by atoms with Crippen LogP contribution >= 0.6 is 0 Å². The molecule has 0 amide bonds. The lowest BCUT2D eigenvalue weighted by atomic mass is 9.56. The fourth-order valence-electron chi connectivity index (χ4n) is 6.97. The van der Waals surface area contributed by atoms with Gasteiger partial charge in [0.25, 0.3) is 10.1 Å². The topological polar surface area (TPSA) is 97.7 Å². The van der Waals surface area contributed by atoms with Crippen LogP contribution in [0.25, 0.3) is 0 Å². The van der Waals surface area contributed by atoms with Gasteiger partial charge in [-0.1, -0.05) is 0 Å². The molecular formula is C18H24O6S. The lowest BCUT2D eigenvalue weighted by molar-refractivity contribution is -0.170. The van der Waals surface area contributed by atoms with Crippen molar-refractivity contribution in [2.45, 2.75) is 68.6 Å². The molecule has 5 saturated carbocycles. The van der Waals surface area contributed by atoms with E-state index in [1.807, 2.05) is 0 Å². The van der Waals surface area contributed by atoms with E-state index in [4.69, 9.17) is 9.29 Å². The summed E-state index contributed by atoms with van der Waals surface area (Å²) in [7, 11) is -4.02. The summed E-state index contributed by atoms with van der Waals surface area (Å²) in [6.45, 7) is 0. The van der Waals surface area contributed by atoms with E-state index >= 15 is 0 Å². The van der Waals surface area contributed by atoms with Gasteiger partial charge in [0.05, 0.1) is 11.2 Å². The standard InChI is InChI=1S/C18H24O6S/c19-15-11-6-17(8-12-5-14(15)18(12,7-11)9-17)24-16(20)10-1-3-13(4-2-10)25(21,22)23/h10-14H,1-9H2,(H,21,22,23). The number of ketones is 1. The summed E-state index contributed by atoms with van der Waals surface area (Å²) in [4.78, 5) is 25.2. The number of hydrogen-bond acceptors (Lipinski definition) is 5. The zero-order chi connectivity index (χ0) is 17.6. The lowest BCUT2D eigenvalue weighted by Gasteiger charge is -2.47. The molecule has 5 atom stereocenters. The number of fused-ring (bicyclic) bond motifs is 2. The molecule has 0 aromatic rings. The summed E-state index contributed by atoms with van der Waals surface area (Å²) in [6.07, 6.45) is 5.92. The highest BCUT2D eigenvalue weighted by atomic mass is 32.2. The third kappa shape index (κ3) is 2.14. The summed E-state index contributed by atoms with van der Waals surface area (Å²) in [5.74, 6) is 0.732. The van der Waals surface area contributed by atoms with Crippen LogP contribution < -0.4 is 0 Å². The van der Waals surface area contributed by atoms with Crippen LogP contribution in [0, 0.1) is 29.1 Å². The molecule has 138 valence electrons. The number of rotatable bonds is 3.